The molecule has 3 heteroatoms. The van der Waals surface area contributed by atoms with Crippen molar-refractivity contribution in [2.24, 2.45) is 0 Å². The number of nitrogens with zero attached hydrogens (tertiary/aromatic N) is 2. The van der Waals surface area contributed by atoms with Crippen LogP contribution in [0.15, 0.2) is 53.6 Å². The van der Waals surface area contributed by atoms with E-state index in [1.807, 2.05) is 36.2 Å². The fourth-order valence-electron chi connectivity index (χ4n) is 1.71. The minimum Gasteiger partial charge on any atom is -0.315 e. The van der Waals surface area contributed by atoms with Gasteiger partial charge in [0.25, 0.3) is 0 Å². The summed E-state index contributed by atoms with van der Waals surface area (Å²) >= 11 is 1.86. The van der Waals surface area contributed by atoms with E-state index >= 15 is 0 Å². The van der Waals surface area contributed by atoms with Crippen molar-refractivity contribution >= 4 is 23.3 Å². The Morgan fingerprint density at radius 2 is 1.93 bits per heavy atom. The molecule has 0 bridgehead atoms. The molecule has 1 aromatic heterocycles. The summed E-state index contributed by atoms with van der Waals surface area (Å²) in [7, 11) is 0. The maximum absolute atomic E-state index is 4.37. The number of pyridine rings is 1. The first-order valence-corrected chi connectivity index (χ1v) is 5.84. The molecular weight excluding hydrogens is 204 g/mol. The molecule has 74 valence electrons. The van der Waals surface area contributed by atoms with Gasteiger partial charge in [0.05, 0.1) is 11.6 Å². The topological polar surface area (TPSA) is 16.1 Å². The van der Waals surface area contributed by atoms with E-state index in [2.05, 4.69) is 34.1 Å². The second kappa shape index (κ2) is 3.59. The highest BCUT2D eigenvalue weighted by atomic mass is 32.2. The van der Waals surface area contributed by atoms with E-state index in [9.17, 15) is 0 Å². The summed E-state index contributed by atoms with van der Waals surface area (Å²) in [6, 6.07) is 14.5. The molecule has 2 aromatic rings. The summed E-state index contributed by atoms with van der Waals surface area (Å²) in [4.78, 5) is 7.94. The molecule has 15 heavy (non-hydrogen) atoms. The second-order valence-electron chi connectivity index (χ2n) is 3.36. The Bertz CT molecular complexity index is 470. The zero-order valence-electron chi connectivity index (χ0n) is 8.13. The summed E-state index contributed by atoms with van der Waals surface area (Å²) in [6.07, 6.45) is 1.83. The zero-order valence-corrected chi connectivity index (χ0v) is 8.95. The highest BCUT2D eigenvalue weighted by Crippen LogP contribution is 2.41. The van der Waals surface area contributed by atoms with Crippen LogP contribution in [-0.4, -0.2) is 10.9 Å². The predicted octanol–water partition coefficient (Wildman–Crippen LogP) is 3.28. The number of rotatable bonds is 1. The number of hydrogen-bond acceptors (Lipinski definition) is 3. The van der Waals surface area contributed by atoms with Crippen LogP contribution in [0.3, 0.4) is 0 Å². The quantitative estimate of drug-likeness (QED) is 0.724. The molecule has 0 fully saturated rings. The van der Waals surface area contributed by atoms with Gasteiger partial charge >= 0.3 is 0 Å². The first-order chi connectivity index (χ1) is 7.45. The van der Waals surface area contributed by atoms with Crippen molar-refractivity contribution in [1.82, 2.24) is 4.98 Å². The normalized spacial score (nSPS) is 14.0. The maximum atomic E-state index is 4.37. The van der Waals surface area contributed by atoms with Gasteiger partial charge in [-0.05, 0) is 24.3 Å². The molecule has 0 saturated heterocycles. The van der Waals surface area contributed by atoms with Gasteiger partial charge in [-0.2, -0.15) is 0 Å². The molecule has 2 nitrogen and oxygen atoms in total. The van der Waals surface area contributed by atoms with E-state index < -0.39 is 0 Å². The molecule has 0 amide bonds. The molecule has 0 aliphatic carbocycles. The van der Waals surface area contributed by atoms with Gasteiger partial charge in [0.15, 0.2) is 0 Å². The van der Waals surface area contributed by atoms with Crippen LogP contribution in [0.25, 0.3) is 0 Å². The molecule has 1 aliphatic heterocycles. The van der Waals surface area contributed by atoms with Crippen LogP contribution in [-0.2, 0) is 0 Å². The molecule has 3 rings (SSSR count). The third-order valence-electron chi connectivity index (χ3n) is 2.43. The molecule has 1 aliphatic rings. The van der Waals surface area contributed by atoms with E-state index in [1.54, 1.807) is 0 Å². The lowest BCUT2D eigenvalue weighted by Crippen LogP contribution is -2.12. The van der Waals surface area contributed by atoms with Crippen molar-refractivity contribution in [1.29, 1.82) is 0 Å². The van der Waals surface area contributed by atoms with E-state index in [1.165, 1.54) is 10.6 Å². The molecule has 0 spiro atoms. The van der Waals surface area contributed by atoms with Crippen molar-refractivity contribution in [3.05, 3.63) is 48.7 Å². The van der Waals surface area contributed by atoms with E-state index in [4.69, 9.17) is 0 Å². The van der Waals surface area contributed by atoms with Crippen molar-refractivity contribution < 1.29 is 0 Å². The Morgan fingerprint density at radius 3 is 2.80 bits per heavy atom. The summed E-state index contributed by atoms with van der Waals surface area (Å²) < 4.78 is 0. The molecule has 0 unspecified atom stereocenters. The van der Waals surface area contributed by atoms with Crippen molar-refractivity contribution in [2.45, 2.75) is 4.90 Å². The summed E-state index contributed by atoms with van der Waals surface area (Å²) in [5.74, 6) is 1.98. The van der Waals surface area contributed by atoms with Gasteiger partial charge in [0, 0.05) is 11.1 Å². The fraction of sp³-hybridized carbons (Fsp3) is 0.0833. The molecule has 1 aromatic carbocycles. The average Bonchev–Trinajstić information content (AvgIpc) is 2.74. The first kappa shape index (κ1) is 8.80. The van der Waals surface area contributed by atoms with E-state index in [-0.39, 0.29) is 0 Å². The van der Waals surface area contributed by atoms with Crippen LogP contribution >= 0.6 is 11.8 Å². The number of aromatic nitrogens is 1. The summed E-state index contributed by atoms with van der Waals surface area (Å²) in [5, 5.41) is 0. The van der Waals surface area contributed by atoms with Gasteiger partial charge in [0.1, 0.15) is 5.82 Å². The third-order valence-corrected chi connectivity index (χ3v) is 3.47. The Balaban J connectivity index is 2.05. The number of thioether (sulfide) groups is 1. The first-order valence-electron chi connectivity index (χ1n) is 4.85. The zero-order chi connectivity index (χ0) is 10.1. The van der Waals surface area contributed by atoms with Gasteiger partial charge in [-0.3, -0.25) is 0 Å². The van der Waals surface area contributed by atoms with Crippen LogP contribution in [0.2, 0.25) is 0 Å². The van der Waals surface area contributed by atoms with E-state index in [0.717, 1.165) is 11.7 Å². The van der Waals surface area contributed by atoms with Gasteiger partial charge < -0.3 is 4.90 Å². The van der Waals surface area contributed by atoms with Crippen LogP contribution in [0.5, 0.6) is 0 Å². The monoisotopic (exact) mass is 214 g/mol. The number of para-hydroxylation sites is 1. The molecule has 0 saturated carbocycles. The van der Waals surface area contributed by atoms with Crippen molar-refractivity contribution in [2.75, 3.05) is 10.8 Å². The number of benzene rings is 1. The second-order valence-corrected chi connectivity index (χ2v) is 4.34. The lowest BCUT2D eigenvalue weighted by molar-refractivity contribution is 1.11. The highest BCUT2D eigenvalue weighted by Gasteiger charge is 2.20. The smallest absolute Gasteiger partial charge is 0.133 e. The lowest BCUT2D eigenvalue weighted by atomic mass is 10.3. The van der Waals surface area contributed by atoms with Crippen LogP contribution in [0, 0.1) is 0 Å². The van der Waals surface area contributed by atoms with E-state index in [0.29, 0.717) is 0 Å². The average molecular weight is 214 g/mol. The third kappa shape index (κ3) is 1.49. The Morgan fingerprint density at radius 1 is 1.07 bits per heavy atom. The summed E-state index contributed by atoms with van der Waals surface area (Å²) in [5.41, 5.74) is 1.27. The summed E-state index contributed by atoms with van der Waals surface area (Å²) in [6.45, 7) is 0. The molecule has 0 N–H and O–H groups in total. The van der Waals surface area contributed by atoms with Gasteiger partial charge in [-0.15, -0.1) is 11.8 Å². The molecule has 0 atom stereocenters. The maximum Gasteiger partial charge on any atom is 0.133 e. The van der Waals surface area contributed by atoms with Crippen LogP contribution in [0.1, 0.15) is 0 Å². The molecular formula is C12H10N2S. The number of anilines is 2. The Labute approximate surface area is 93.0 Å². The molecule has 0 radical (unpaired) electrons. The Kier molecular flexibility index (Phi) is 2.10. The van der Waals surface area contributed by atoms with Crippen molar-refractivity contribution in [3.8, 4) is 0 Å². The van der Waals surface area contributed by atoms with Crippen molar-refractivity contribution in [3.63, 3.8) is 0 Å². The minimum absolute atomic E-state index is 0.955. The predicted molar refractivity (Wildman–Crippen MR) is 63.5 cm³/mol. The van der Waals surface area contributed by atoms with Crippen LogP contribution in [0.4, 0.5) is 11.5 Å². The molecule has 2 heterocycles. The highest BCUT2D eigenvalue weighted by molar-refractivity contribution is 7.99. The standard InChI is InChI=1S/C12H10N2S/c1-2-6-11-10(5-1)14(9-15-11)12-7-3-4-8-13-12/h1-8H,9H2. The number of hydrogen-bond donors (Lipinski definition) is 0. The number of fused-ring (bicyclic) bond motifs is 1. The minimum atomic E-state index is 0.955. The van der Waals surface area contributed by atoms with Gasteiger partial charge in [-0.1, -0.05) is 18.2 Å². The Hall–Kier alpha value is -1.48. The lowest BCUT2D eigenvalue weighted by Gasteiger charge is -2.16. The van der Waals surface area contributed by atoms with Crippen LogP contribution < -0.4 is 4.90 Å². The fourth-order valence-corrected chi connectivity index (χ4v) is 2.75. The largest absolute Gasteiger partial charge is 0.315 e. The SMILES string of the molecule is c1ccc(N2CSc3ccccc32)nc1. The van der Waals surface area contributed by atoms with Gasteiger partial charge in [-0.25, -0.2) is 4.98 Å². The van der Waals surface area contributed by atoms with Gasteiger partial charge in [0.2, 0.25) is 0 Å².